The van der Waals surface area contributed by atoms with Gasteiger partial charge in [0.1, 0.15) is 5.69 Å². The molecule has 1 amide bonds. The molecule has 0 unspecified atom stereocenters. The zero-order valence-corrected chi connectivity index (χ0v) is 14.2. The highest BCUT2D eigenvalue weighted by Gasteiger charge is 2.19. The van der Waals surface area contributed by atoms with Crippen molar-refractivity contribution < 1.29 is 4.79 Å². The minimum absolute atomic E-state index is 0.0420. The number of hydrogen-bond acceptors (Lipinski definition) is 2. The Labute approximate surface area is 136 Å². The molecule has 4 nitrogen and oxygen atoms in total. The van der Waals surface area contributed by atoms with Crippen LogP contribution in [-0.2, 0) is 7.05 Å². The van der Waals surface area contributed by atoms with E-state index in [1.165, 1.54) is 16.4 Å². The number of halogens is 1. The predicted octanol–water partition coefficient (Wildman–Crippen LogP) is 4.08. The van der Waals surface area contributed by atoms with Gasteiger partial charge in [0.2, 0.25) is 0 Å². The molecule has 0 spiro atoms. The third-order valence-electron chi connectivity index (χ3n) is 3.83. The Kier molecular flexibility index (Phi) is 5.24. The van der Waals surface area contributed by atoms with Crippen LogP contribution in [0.1, 0.15) is 60.8 Å². The summed E-state index contributed by atoms with van der Waals surface area (Å²) in [6.45, 7) is 6.38. The average molecular weight is 320 g/mol. The minimum Gasteiger partial charge on any atom is -0.344 e. The third-order valence-corrected chi connectivity index (χ3v) is 4.10. The fourth-order valence-corrected chi connectivity index (χ4v) is 2.68. The number of benzene rings is 1. The summed E-state index contributed by atoms with van der Waals surface area (Å²) in [6.07, 6.45) is 2.29. The monoisotopic (exact) mass is 319 g/mol. The van der Waals surface area contributed by atoms with Gasteiger partial charge in [0.25, 0.3) is 5.91 Å². The molecule has 0 bridgehead atoms. The second kappa shape index (κ2) is 6.97. The van der Waals surface area contributed by atoms with Gasteiger partial charge in [0.05, 0.1) is 17.3 Å². The minimum atomic E-state index is -0.204. The van der Waals surface area contributed by atoms with E-state index >= 15 is 0 Å². The average Bonchev–Trinajstić information content (AvgIpc) is 2.84. The summed E-state index contributed by atoms with van der Waals surface area (Å²) in [5.74, 6) is 0.293. The van der Waals surface area contributed by atoms with Gasteiger partial charge >= 0.3 is 0 Å². The number of amides is 1. The number of aryl methyl sites for hydroxylation is 1. The summed E-state index contributed by atoms with van der Waals surface area (Å²) in [5.41, 5.74) is 2.78. The first kappa shape index (κ1) is 16.6. The van der Waals surface area contributed by atoms with E-state index in [-0.39, 0.29) is 11.9 Å². The molecule has 0 fully saturated rings. The second-order valence-electron chi connectivity index (χ2n) is 5.72. The van der Waals surface area contributed by atoms with Crippen molar-refractivity contribution in [2.75, 3.05) is 0 Å². The summed E-state index contributed by atoms with van der Waals surface area (Å²) in [5, 5.41) is 7.40. The van der Waals surface area contributed by atoms with Gasteiger partial charge in [0.15, 0.2) is 0 Å². The zero-order valence-electron chi connectivity index (χ0n) is 13.4. The van der Waals surface area contributed by atoms with Crippen LogP contribution >= 0.6 is 11.6 Å². The molecule has 1 heterocycles. The van der Waals surface area contributed by atoms with Gasteiger partial charge in [-0.1, -0.05) is 56.6 Å². The number of hydrogen-bond donors (Lipinski definition) is 1. The van der Waals surface area contributed by atoms with Crippen molar-refractivity contribution in [1.82, 2.24) is 15.1 Å². The van der Waals surface area contributed by atoms with Gasteiger partial charge < -0.3 is 5.32 Å². The van der Waals surface area contributed by atoms with E-state index in [0.717, 1.165) is 12.0 Å². The summed E-state index contributed by atoms with van der Waals surface area (Å²) in [6, 6.07) is 8.35. The Bertz CT molecular complexity index is 627. The molecule has 0 saturated heterocycles. The molecule has 5 heteroatoms. The number of nitrogens with one attached hydrogen (secondary N) is 1. The summed E-state index contributed by atoms with van der Waals surface area (Å²) >= 11 is 6.02. The zero-order chi connectivity index (χ0) is 16.3. The van der Waals surface area contributed by atoms with Crippen molar-refractivity contribution >= 4 is 17.5 Å². The number of aromatic nitrogens is 2. The predicted molar refractivity (Wildman–Crippen MR) is 89.2 cm³/mol. The number of nitrogens with zero attached hydrogens (tertiary/aromatic N) is 2. The molecule has 1 atom stereocenters. The molecule has 2 rings (SSSR count). The van der Waals surface area contributed by atoms with Crippen LogP contribution in [0.3, 0.4) is 0 Å². The van der Waals surface area contributed by atoms with Gasteiger partial charge in [-0.3, -0.25) is 9.48 Å². The van der Waals surface area contributed by atoms with Crippen LogP contribution in [0.4, 0.5) is 0 Å². The van der Waals surface area contributed by atoms with Crippen molar-refractivity contribution in [3.63, 3.8) is 0 Å². The fraction of sp³-hybridized carbons (Fsp3) is 0.412. The largest absolute Gasteiger partial charge is 0.344 e. The van der Waals surface area contributed by atoms with E-state index < -0.39 is 0 Å². The standard InChI is InChI=1S/C17H22ClN3O/c1-5-15(13-8-6-12(7-9-13)11(2)3)20-17(22)16-14(18)10-19-21(16)4/h6-11,15H,5H2,1-4H3,(H,20,22)/t15-/m1/s1. The molecule has 1 N–H and O–H groups in total. The molecule has 118 valence electrons. The lowest BCUT2D eigenvalue weighted by Gasteiger charge is -2.18. The first-order valence-electron chi connectivity index (χ1n) is 7.52. The topological polar surface area (TPSA) is 46.9 Å². The van der Waals surface area contributed by atoms with Gasteiger partial charge in [-0.15, -0.1) is 0 Å². The molecule has 0 aliphatic carbocycles. The van der Waals surface area contributed by atoms with Gasteiger partial charge in [-0.05, 0) is 23.5 Å². The molecule has 1 aromatic carbocycles. The van der Waals surface area contributed by atoms with Crippen LogP contribution in [0.2, 0.25) is 5.02 Å². The highest BCUT2D eigenvalue weighted by molar-refractivity contribution is 6.33. The lowest BCUT2D eigenvalue weighted by atomic mass is 9.98. The lowest BCUT2D eigenvalue weighted by molar-refractivity contribution is 0.0926. The molecule has 2 aromatic rings. The molecular weight excluding hydrogens is 298 g/mol. The van der Waals surface area contributed by atoms with Crippen LogP contribution < -0.4 is 5.32 Å². The SMILES string of the molecule is CC[C@@H](NC(=O)c1c(Cl)cnn1C)c1ccc(C(C)C)cc1. The van der Waals surface area contributed by atoms with Crippen molar-refractivity contribution in [2.24, 2.45) is 7.05 Å². The second-order valence-corrected chi connectivity index (χ2v) is 6.13. The summed E-state index contributed by atoms with van der Waals surface area (Å²) < 4.78 is 1.49. The highest BCUT2D eigenvalue weighted by atomic mass is 35.5. The fourth-order valence-electron chi connectivity index (χ4n) is 2.43. The smallest absolute Gasteiger partial charge is 0.271 e. The maximum absolute atomic E-state index is 12.4. The maximum atomic E-state index is 12.4. The van der Waals surface area contributed by atoms with Crippen molar-refractivity contribution in [2.45, 2.75) is 39.2 Å². The number of carbonyl (C=O) groups is 1. The van der Waals surface area contributed by atoms with Crippen molar-refractivity contribution in [1.29, 1.82) is 0 Å². The number of carbonyl (C=O) groups excluding carboxylic acids is 1. The quantitative estimate of drug-likeness (QED) is 0.902. The van der Waals surface area contributed by atoms with Crippen LogP contribution in [0.5, 0.6) is 0 Å². The number of rotatable bonds is 5. The van der Waals surface area contributed by atoms with Crippen molar-refractivity contribution in [3.05, 3.63) is 52.3 Å². The van der Waals surface area contributed by atoms with Crippen LogP contribution in [0, 0.1) is 0 Å². The van der Waals surface area contributed by atoms with Crippen LogP contribution in [0.15, 0.2) is 30.5 Å². The van der Waals surface area contributed by atoms with E-state index in [1.807, 2.05) is 6.92 Å². The van der Waals surface area contributed by atoms with Crippen LogP contribution in [-0.4, -0.2) is 15.7 Å². The summed E-state index contributed by atoms with van der Waals surface area (Å²) in [4.78, 5) is 12.4. The molecule has 0 aliphatic heterocycles. The normalized spacial score (nSPS) is 12.5. The van der Waals surface area contributed by atoms with E-state index in [0.29, 0.717) is 16.6 Å². The Morgan fingerprint density at radius 3 is 2.32 bits per heavy atom. The molecule has 0 radical (unpaired) electrons. The van der Waals surface area contributed by atoms with E-state index in [9.17, 15) is 4.79 Å². The Morgan fingerprint density at radius 1 is 1.27 bits per heavy atom. The van der Waals surface area contributed by atoms with E-state index in [4.69, 9.17) is 11.6 Å². The molecule has 1 aromatic heterocycles. The van der Waals surface area contributed by atoms with E-state index in [2.05, 4.69) is 48.5 Å². The highest BCUT2D eigenvalue weighted by Crippen LogP contribution is 2.22. The summed E-state index contributed by atoms with van der Waals surface area (Å²) in [7, 11) is 1.71. The first-order chi connectivity index (χ1) is 10.4. The molecule has 0 aliphatic rings. The Balaban J connectivity index is 2.17. The molecular formula is C17H22ClN3O. The van der Waals surface area contributed by atoms with Gasteiger partial charge in [0, 0.05) is 7.05 Å². The van der Waals surface area contributed by atoms with Gasteiger partial charge in [-0.25, -0.2) is 0 Å². The maximum Gasteiger partial charge on any atom is 0.271 e. The van der Waals surface area contributed by atoms with Gasteiger partial charge in [-0.2, -0.15) is 5.10 Å². The van der Waals surface area contributed by atoms with E-state index in [1.54, 1.807) is 7.05 Å². The molecule has 0 saturated carbocycles. The lowest BCUT2D eigenvalue weighted by Crippen LogP contribution is -2.30. The Hall–Kier alpha value is -1.81. The van der Waals surface area contributed by atoms with Crippen LogP contribution in [0.25, 0.3) is 0 Å². The molecule has 22 heavy (non-hydrogen) atoms. The third kappa shape index (κ3) is 3.50. The Morgan fingerprint density at radius 2 is 1.86 bits per heavy atom. The van der Waals surface area contributed by atoms with Crippen molar-refractivity contribution in [3.8, 4) is 0 Å². The first-order valence-corrected chi connectivity index (χ1v) is 7.90.